The molecule has 19 heavy (non-hydrogen) atoms. The standard InChI is InChI=1S/C13H20ClN3O2/c1-9(2)17(3)8-4-7-15-11-6-5-10(14)12(16-11)13(18)19/h5-6,9H,4,7-8H2,1-3H3,(H,15,16)(H,18,19). The van der Waals surface area contributed by atoms with Gasteiger partial charge in [-0.25, -0.2) is 9.78 Å². The fraction of sp³-hybridized carbons (Fsp3) is 0.538. The van der Waals surface area contributed by atoms with Crippen LogP contribution in [0.4, 0.5) is 5.82 Å². The van der Waals surface area contributed by atoms with E-state index < -0.39 is 5.97 Å². The van der Waals surface area contributed by atoms with Gasteiger partial charge in [-0.05, 0) is 46.0 Å². The zero-order valence-corrected chi connectivity index (χ0v) is 12.2. The molecule has 0 amide bonds. The number of carboxylic acid groups (broad SMARTS) is 1. The molecule has 0 radical (unpaired) electrons. The Hall–Kier alpha value is -1.33. The molecule has 0 unspecified atom stereocenters. The number of carbonyl (C=O) groups is 1. The first-order valence-electron chi connectivity index (χ1n) is 6.25. The number of anilines is 1. The van der Waals surface area contributed by atoms with Gasteiger partial charge in [0.15, 0.2) is 5.69 Å². The van der Waals surface area contributed by atoms with Gasteiger partial charge in [0.2, 0.25) is 0 Å². The van der Waals surface area contributed by atoms with Gasteiger partial charge in [-0.1, -0.05) is 11.6 Å². The quantitative estimate of drug-likeness (QED) is 0.754. The molecule has 0 aliphatic rings. The molecule has 0 saturated carbocycles. The molecule has 0 spiro atoms. The molecular formula is C13H20ClN3O2. The molecule has 0 fully saturated rings. The van der Waals surface area contributed by atoms with Gasteiger partial charge in [0.05, 0.1) is 5.02 Å². The summed E-state index contributed by atoms with van der Waals surface area (Å²) < 4.78 is 0. The molecule has 1 heterocycles. The van der Waals surface area contributed by atoms with Crippen molar-refractivity contribution in [1.82, 2.24) is 9.88 Å². The molecule has 0 aliphatic carbocycles. The van der Waals surface area contributed by atoms with Gasteiger partial charge in [0.25, 0.3) is 0 Å². The van der Waals surface area contributed by atoms with Crippen LogP contribution in [0.1, 0.15) is 30.8 Å². The van der Waals surface area contributed by atoms with E-state index in [1.54, 1.807) is 12.1 Å². The fourth-order valence-corrected chi connectivity index (χ4v) is 1.68. The van der Waals surface area contributed by atoms with Crippen molar-refractivity contribution in [2.75, 3.05) is 25.5 Å². The number of hydrogen-bond donors (Lipinski definition) is 2. The molecule has 1 aromatic rings. The average Bonchev–Trinajstić information content (AvgIpc) is 2.35. The van der Waals surface area contributed by atoms with Crippen molar-refractivity contribution < 1.29 is 9.90 Å². The van der Waals surface area contributed by atoms with E-state index in [2.05, 4.69) is 36.1 Å². The topological polar surface area (TPSA) is 65.5 Å². The summed E-state index contributed by atoms with van der Waals surface area (Å²) in [6, 6.07) is 3.74. The van der Waals surface area contributed by atoms with Crippen molar-refractivity contribution in [2.24, 2.45) is 0 Å². The van der Waals surface area contributed by atoms with Crippen molar-refractivity contribution in [2.45, 2.75) is 26.3 Å². The average molecular weight is 286 g/mol. The van der Waals surface area contributed by atoms with E-state index in [0.29, 0.717) is 11.9 Å². The summed E-state index contributed by atoms with van der Waals surface area (Å²) in [4.78, 5) is 17.1. The summed E-state index contributed by atoms with van der Waals surface area (Å²) in [5, 5.41) is 12.2. The zero-order valence-electron chi connectivity index (χ0n) is 11.5. The van der Waals surface area contributed by atoms with Gasteiger partial charge < -0.3 is 15.3 Å². The maximum Gasteiger partial charge on any atom is 0.356 e. The van der Waals surface area contributed by atoms with Crippen molar-refractivity contribution in [3.8, 4) is 0 Å². The molecule has 1 rings (SSSR count). The number of nitrogens with zero attached hydrogens (tertiary/aromatic N) is 2. The van der Waals surface area contributed by atoms with Gasteiger partial charge in [-0.2, -0.15) is 0 Å². The van der Waals surface area contributed by atoms with Crippen molar-refractivity contribution >= 4 is 23.4 Å². The minimum atomic E-state index is -1.12. The molecule has 106 valence electrons. The molecule has 0 aromatic carbocycles. The highest BCUT2D eigenvalue weighted by Gasteiger charge is 2.11. The first-order valence-corrected chi connectivity index (χ1v) is 6.63. The molecular weight excluding hydrogens is 266 g/mol. The second-order valence-corrected chi connectivity index (χ2v) is 5.09. The molecule has 0 atom stereocenters. The summed E-state index contributed by atoms with van der Waals surface area (Å²) in [6.45, 7) is 6.01. The second kappa shape index (κ2) is 7.31. The third-order valence-electron chi connectivity index (χ3n) is 2.92. The fourth-order valence-electron chi connectivity index (χ4n) is 1.49. The molecule has 6 heteroatoms. The third-order valence-corrected chi connectivity index (χ3v) is 3.23. The zero-order chi connectivity index (χ0) is 14.4. The van der Waals surface area contributed by atoms with E-state index in [-0.39, 0.29) is 10.7 Å². The van der Waals surface area contributed by atoms with Crippen molar-refractivity contribution in [3.05, 3.63) is 22.8 Å². The summed E-state index contributed by atoms with van der Waals surface area (Å²) in [5.41, 5.74) is -0.119. The lowest BCUT2D eigenvalue weighted by molar-refractivity contribution is 0.0691. The summed E-state index contributed by atoms with van der Waals surface area (Å²) in [7, 11) is 2.08. The van der Waals surface area contributed by atoms with Gasteiger partial charge in [0.1, 0.15) is 5.82 Å². The number of hydrogen-bond acceptors (Lipinski definition) is 4. The highest BCUT2D eigenvalue weighted by molar-refractivity contribution is 6.33. The number of halogens is 1. The van der Waals surface area contributed by atoms with Crippen LogP contribution in [0.3, 0.4) is 0 Å². The summed E-state index contributed by atoms with van der Waals surface area (Å²) in [6.07, 6.45) is 0.960. The lowest BCUT2D eigenvalue weighted by atomic mass is 10.3. The predicted molar refractivity (Wildman–Crippen MR) is 77.1 cm³/mol. The van der Waals surface area contributed by atoms with E-state index in [4.69, 9.17) is 16.7 Å². The number of aromatic carboxylic acids is 1. The van der Waals surface area contributed by atoms with Gasteiger partial charge >= 0.3 is 5.97 Å². The van der Waals surface area contributed by atoms with E-state index in [1.807, 2.05) is 0 Å². The monoisotopic (exact) mass is 285 g/mol. The number of nitrogens with one attached hydrogen (secondary N) is 1. The lowest BCUT2D eigenvalue weighted by Gasteiger charge is -2.20. The van der Waals surface area contributed by atoms with E-state index in [9.17, 15) is 4.79 Å². The van der Waals surface area contributed by atoms with Crippen LogP contribution in [0.2, 0.25) is 5.02 Å². The highest BCUT2D eigenvalue weighted by Crippen LogP contribution is 2.16. The van der Waals surface area contributed by atoms with E-state index in [0.717, 1.165) is 19.5 Å². The molecule has 2 N–H and O–H groups in total. The first-order chi connectivity index (χ1) is 8.91. The summed E-state index contributed by atoms with van der Waals surface area (Å²) >= 11 is 5.75. The van der Waals surface area contributed by atoms with Gasteiger partial charge in [-0.3, -0.25) is 0 Å². The van der Waals surface area contributed by atoms with E-state index in [1.165, 1.54) is 0 Å². The SMILES string of the molecule is CC(C)N(C)CCCNc1ccc(Cl)c(C(=O)O)n1. The number of pyridine rings is 1. The Morgan fingerprint density at radius 2 is 2.21 bits per heavy atom. The van der Waals surface area contributed by atoms with Crippen LogP contribution in [0.15, 0.2) is 12.1 Å². The van der Waals surface area contributed by atoms with Crippen LogP contribution < -0.4 is 5.32 Å². The Balaban J connectivity index is 2.46. The van der Waals surface area contributed by atoms with Gasteiger partial charge in [-0.15, -0.1) is 0 Å². The minimum Gasteiger partial charge on any atom is -0.476 e. The van der Waals surface area contributed by atoms with E-state index >= 15 is 0 Å². The van der Waals surface area contributed by atoms with Crippen LogP contribution in [0, 0.1) is 0 Å². The first kappa shape index (κ1) is 15.7. The van der Waals surface area contributed by atoms with Crippen molar-refractivity contribution in [1.29, 1.82) is 0 Å². The highest BCUT2D eigenvalue weighted by atomic mass is 35.5. The Labute approximate surface area is 118 Å². The lowest BCUT2D eigenvalue weighted by Crippen LogP contribution is -2.28. The van der Waals surface area contributed by atoms with Crippen molar-refractivity contribution in [3.63, 3.8) is 0 Å². The Morgan fingerprint density at radius 1 is 1.53 bits per heavy atom. The summed E-state index contributed by atoms with van der Waals surface area (Å²) in [5.74, 6) is -0.581. The minimum absolute atomic E-state index is 0.119. The predicted octanol–water partition coefficient (Wildman–Crippen LogP) is 2.58. The molecule has 0 saturated heterocycles. The smallest absolute Gasteiger partial charge is 0.356 e. The molecule has 5 nitrogen and oxygen atoms in total. The largest absolute Gasteiger partial charge is 0.476 e. The van der Waals surface area contributed by atoms with Crippen LogP contribution in [-0.4, -0.2) is 47.1 Å². The maximum absolute atomic E-state index is 10.9. The number of carboxylic acids is 1. The normalized spacial score (nSPS) is 11.1. The Kier molecular flexibility index (Phi) is 6.05. The Morgan fingerprint density at radius 3 is 2.79 bits per heavy atom. The number of aromatic nitrogens is 1. The van der Waals surface area contributed by atoms with Crippen LogP contribution in [-0.2, 0) is 0 Å². The van der Waals surface area contributed by atoms with Crippen LogP contribution in [0.5, 0.6) is 0 Å². The second-order valence-electron chi connectivity index (χ2n) is 4.69. The number of rotatable bonds is 7. The third kappa shape index (κ3) is 5.04. The Bertz CT molecular complexity index is 438. The van der Waals surface area contributed by atoms with Gasteiger partial charge in [0, 0.05) is 12.6 Å². The maximum atomic E-state index is 10.9. The van der Waals surface area contributed by atoms with Crippen LogP contribution >= 0.6 is 11.6 Å². The molecule has 0 aliphatic heterocycles. The van der Waals surface area contributed by atoms with Crippen LogP contribution in [0.25, 0.3) is 0 Å². The molecule has 0 bridgehead atoms. The molecule has 1 aromatic heterocycles.